The van der Waals surface area contributed by atoms with Gasteiger partial charge in [-0.15, -0.1) is 0 Å². The standard InChI is InChI=1S/C10H11BrO3/c1-2-14-10(13)9(12)7-4-3-5-8(11)6-7/h3-6,9,12H,2H2,1H3. The molecular formula is C10H11BrO3. The van der Waals surface area contributed by atoms with Crippen molar-refractivity contribution in [2.45, 2.75) is 13.0 Å². The maximum atomic E-state index is 11.2. The van der Waals surface area contributed by atoms with Crippen molar-refractivity contribution in [3.63, 3.8) is 0 Å². The highest BCUT2D eigenvalue weighted by Crippen LogP contribution is 2.18. The molecule has 0 fully saturated rings. The Morgan fingerprint density at radius 1 is 1.64 bits per heavy atom. The highest BCUT2D eigenvalue weighted by atomic mass is 79.9. The Morgan fingerprint density at radius 2 is 2.36 bits per heavy atom. The van der Waals surface area contributed by atoms with Crippen molar-refractivity contribution in [1.29, 1.82) is 0 Å². The van der Waals surface area contributed by atoms with Crippen LogP contribution in [0.5, 0.6) is 0 Å². The van der Waals surface area contributed by atoms with E-state index in [1.54, 1.807) is 25.1 Å². The van der Waals surface area contributed by atoms with Gasteiger partial charge in [0.05, 0.1) is 6.61 Å². The molecular weight excluding hydrogens is 248 g/mol. The molecule has 14 heavy (non-hydrogen) atoms. The maximum Gasteiger partial charge on any atom is 0.339 e. The molecule has 4 heteroatoms. The lowest BCUT2D eigenvalue weighted by atomic mass is 10.1. The van der Waals surface area contributed by atoms with E-state index < -0.39 is 12.1 Å². The minimum atomic E-state index is -1.20. The Morgan fingerprint density at radius 3 is 2.93 bits per heavy atom. The van der Waals surface area contributed by atoms with Gasteiger partial charge in [0.2, 0.25) is 0 Å². The number of aliphatic hydroxyl groups is 1. The van der Waals surface area contributed by atoms with Crippen LogP contribution in [0.3, 0.4) is 0 Å². The van der Waals surface area contributed by atoms with Gasteiger partial charge < -0.3 is 9.84 Å². The molecule has 0 saturated carbocycles. The number of hydrogen-bond donors (Lipinski definition) is 1. The van der Waals surface area contributed by atoms with Crippen LogP contribution in [0.4, 0.5) is 0 Å². The summed E-state index contributed by atoms with van der Waals surface area (Å²) in [6, 6.07) is 6.93. The summed E-state index contributed by atoms with van der Waals surface area (Å²) in [5.74, 6) is -0.620. The van der Waals surface area contributed by atoms with Crippen molar-refractivity contribution in [3.05, 3.63) is 34.3 Å². The van der Waals surface area contributed by atoms with Gasteiger partial charge in [-0.3, -0.25) is 0 Å². The highest BCUT2D eigenvalue weighted by Gasteiger charge is 2.18. The number of carbonyl (C=O) groups is 1. The van der Waals surface area contributed by atoms with E-state index in [9.17, 15) is 9.90 Å². The largest absolute Gasteiger partial charge is 0.464 e. The minimum absolute atomic E-state index is 0.268. The van der Waals surface area contributed by atoms with Crippen molar-refractivity contribution in [1.82, 2.24) is 0 Å². The zero-order valence-electron chi connectivity index (χ0n) is 7.74. The Hall–Kier alpha value is -0.870. The first-order chi connectivity index (χ1) is 6.65. The van der Waals surface area contributed by atoms with Crippen LogP contribution < -0.4 is 0 Å². The van der Waals surface area contributed by atoms with Gasteiger partial charge in [0, 0.05) is 4.47 Å². The molecule has 1 unspecified atom stereocenters. The van der Waals surface area contributed by atoms with E-state index >= 15 is 0 Å². The Kier molecular flexibility index (Phi) is 4.10. The van der Waals surface area contributed by atoms with Gasteiger partial charge in [0.1, 0.15) is 0 Å². The van der Waals surface area contributed by atoms with Crippen molar-refractivity contribution >= 4 is 21.9 Å². The summed E-state index contributed by atoms with van der Waals surface area (Å²) in [7, 11) is 0. The van der Waals surface area contributed by atoms with Crippen LogP contribution in [0, 0.1) is 0 Å². The number of halogens is 1. The highest BCUT2D eigenvalue weighted by molar-refractivity contribution is 9.10. The van der Waals surface area contributed by atoms with Gasteiger partial charge in [0.25, 0.3) is 0 Å². The predicted octanol–water partition coefficient (Wildman–Crippen LogP) is 2.05. The van der Waals surface area contributed by atoms with Gasteiger partial charge in [-0.25, -0.2) is 4.79 Å². The molecule has 0 bridgehead atoms. The van der Waals surface area contributed by atoms with Crippen molar-refractivity contribution in [2.75, 3.05) is 6.61 Å². The SMILES string of the molecule is CCOC(=O)C(O)c1cccc(Br)c1. The molecule has 0 radical (unpaired) electrons. The first kappa shape index (κ1) is 11.2. The fourth-order valence-electron chi connectivity index (χ4n) is 1.03. The third-order valence-corrected chi connectivity index (χ3v) is 2.17. The average Bonchev–Trinajstić information content (AvgIpc) is 2.17. The number of rotatable bonds is 3. The normalized spacial score (nSPS) is 12.2. The molecule has 0 aliphatic heterocycles. The quantitative estimate of drug-likeness (QED) is 0.845. The van der Waals surface area contributed by atoms with Gasteiger partial charge >= 0.3 is 5.97 Å². The van der Waals surface area contributed by atoms with Crippen LogP contribution in [0.25, 0.3) is 0 Å². The van der Waals surface area contributed by atoms with E-state index in [0.29, 0.717) is 5.56 Å². The molecule has 1 N–H and O–H groups in total. The molecule has 0 aliphatic rings. The first-order valence-electron chi connectivity index (χ1n) is 4.25. The molecule has 0 amide bonds. The van der Waals surface area contributed by atoms with Crippen LogP contribution in [-0.4, -0.2) is 17.7 Å². The maximum absolute atomic E-state index is 11.2. The van der Waals surface area contributed by atoms with E-state index in [4.69, 9.17) is 4.74 Å². The summed E-state index contributed by atoms with van der Waals surface area (Å²) in [6.45, 7) is 1.97. The number of carbonyl (C=O) groups excluding carboxylic acids is 1. The number of benzene rings is 1. The van der Waals surface area contributed by atoms with Crippen LogP contribution >= 0.6 is 15.9 Å². The van der Waals surface area contributed by atoms with E-state index in [-0.39, 0.29) is 6.61 Å². The lowest BCUT2D eigenvalue weighted by Crippen LogP contribution is -2.15. The first-order valence-corrected chi connectivity index (χ1v) is 5.04. The molecule has 0 spiro atoms. The minimum Gasteiger partial charge on any atom is -0.464 e. The van der Waals surface area contributed by atoms with Gasteiger partial charge in [-0.05, 0) is 24.6 Å². The Balaban J connectivity index is 2.78. The van der Waals surface area contributed by atoms with Gasteiger partial charge in [-0.2, -0.15) is 0 Å². The lowest BCUT2D eigenvalue weighted by molar-refractivity contribution is -0.153. The van der Waals surface area contributed by atoms with E-state index in [2.05, 4.69) is 15.9 Å². The summed E-state index contributed by atoms with van der Waals surface area (Å²) < 4.78 is 5.51. The lowest BCUT2D eigenvalue weighted by Gasteiger charge is -2.09. The molecule has 3 nitrogen and oxygen atoms in total. The second-order valence-electron chi connectivity index (χ2n) is 2.71. The molecule has 0 saturated heterocycles. The van der Waals surface area contributed by atoms with Crippen LogP contribution in [0.1, 0.15) is 18.6 Å². The fourth-order valence-corrected chi connectivity index (χ4v) is 1.45. The van der Waals surface area contributed by atoms with Crippen LogP contribution in [-0.2, 0) is 9.53 Å². The number of hydrogen-bond acceptors (Lipinski definition) is 3. The number of aliphatic hydroxyl groups excluding tert-OH is 1. The third kappa shape index (κ3) is 2.82. The van der Waals surface area contributed by atoms with E-state index in [1.165, 1.54) is 0 Å². The summed E-state index contributed by atoms with van der Waals surface area (Å²) in [4.78, 5) is 11.2. The molecule has 0 aromatic heterocycles. The second-order valence-corrected chi connectivity index (χ2v) is 3.63. The Labute approximate surface area is 90.8 Å². The van der Waals surface area contributed by atoms with Gasteiger partial charge in [-0.1, -0.05) is 28.1 Å². The molecule has 1 rings (SSSR count). The summed E-state index contributed by atoms with van der Waals surface area (Å²) in [5.41, 5.74) is 0.526. The zero-order valence-corrected chi connectivity index (χ0v) is 9.32. The van der Waals surface area contributed by atoms with E-state index in [1.807, 2.05) is 6.07 Å². The Bertz CT molecular complexity index is 325. The predicted molar refractivity (Wildman–Crippen MR) is 55.7 cm³/mol. The second kappa shape index (κ2) is 5.12. The molecule has 1 aromatic carbocycles. The zero-order chi connectivity index (χ0) is 10.6. The molecule has 0 heterocycles. The van der Waals surface area contributed by atoms with Crippen LogP contribution in [0.15, 0.2) is 28.7 Å². The number of ether oxygens (including phenoxy) is 1. The molecule has 0 aliphatic carbocycles. The molecule has 1 aromatic rings. The fraction of sp³-hybridized carbons (Fsp3) is 0.300. The number of esters is 1. The molecule has 76 valence electrons. The monoisotopic (exact) mass is 258 g/mol. The van der Waals surface area contributed by atoms with Crippen molar-refractivity contribution < 1.29 is 14.6 Å². The van der Waals surface area contributed by atoms with Crippen molar-refractivity contribution in [3.8, 4) is 0 Å². The van der Waals surface area contributed by atoms with Crippen molar-refractivity contribution in [2.24, 2.45) is 0 Å². The summed E-state index contributed by atoms with van der Waals surface area (Å²) in [5, 5.41) is 9.55. The summed E-state index contributed by atoms with van der Waals surface area (Å²) >= 11 is 3.26. The topological polar surface area (TPSA) is 46.5 Å². The van der Waals surface area contributed by atoms with Crippen LogP contribution in [0.2, 0.25) is 0 Å². The molecule has 1 atom stereocenters. The van der Waals surface area contributed by atoms with Gasteiger partial charge in [0.15, 0.2) is 6.10 Å². The smallest absolute Gasteiger partial charge is 0.339 e. The summed E-state index contributed by atoms with van der Waals surface area (Å²) in [6.07, 6.45) is -1.20. The van der Waals surface area contributed by atoms with E-state index in [0.717, 1.165) is 4.47 Å². The third-order valence-electron chi connectivity index (χ3n) is 1.67. The average molecular weight is 259 g/mol.